The molecule has 5 heteroatoms. The summed E-state index contributed by atoms with van der Waals surface area (Å²) in [5.74, 6) is 0. The van der Waals surface area contributed by atoms with Crippen molar-refractivity contribution in [3.05, 3.63) is 58.9 Å². The van der Waals surface area contributed by atoms with Crippen molar-refractivity contribution in [2.45, 2.75) is 6.92 Å². The van der Waals surface area contributed by atoms with Gasteiger partial charge in [-0.2, -0.15) is 5.10 Å². The molecule has 1 aromatic carbocycles. The van der Waals surface area contributed by atoms with Crippen molar-refractivity contribution >= 4 is 16.6 Å². The van der Waals surface area contributed by atoms with Crippen molar-refractivity contribution in [2.75, 3.05) is 0 Å². The Balaban J connectivity index is 2.17. The maximum atomic E-state index is 11.9. The maximum absolute atomic E-state index is 11.9. The van der Waals surface area contributed by atoms with Crippen LogP contribution >= 0.6 is 0 Å². The first-order chi connectivity index (χ1) is 9.74. The van der Waals surface area contributed by atoms with Gasteiger partial charge in [0.1, 0.15) is 0 Å². The second-order valence-electron chi connectivity index (χ2n) is 4.79. The predicted octanol–water partition coefficient (Wildman–Crippen LogP) is 2.74. The molecule has 0 aliphatic carbocycles. The summed E-state index contributed by atoms with van der Waals surface area (Å²) in [5, 5.41) is 7.55. The first kappa shape index (κ1) is 11.0. The quantitative estimate of drug-likeness (QED) is 0.575. The van der Waals surface area contributed by atoms with Gasteiger partial charge in [0.05, 0.1) is 18.0 Å². The lowest BCUT2D eigenvalue weighted by Crippen LogP contribution is -2.10. The Morgan fingerprint density at radius 2 is 2.10 bits per heavy atom. The van der Waals surface area contributed by atoms with E-state index in [0.29, 0.717) is 5.65 Å². The lowest BCUT2D eigenvalue weighted by Gasteiger charge is -2.06. The van der Waals surface area contributed by atoms with Crippen molar-refractivity contribution in [2.24, 2.45) is 0 Å². The minimum Gasteiger partial charge on any atom is -0.472 e. The van der Waals surface area contributed by atoms with Crippen molar-refractivity contribution in [1.29, 1.82) is 0 Å². The number of rotatable bonds is 1. The highest BCUT2D eigenvalue weighted by Gasteiger charge is 2.09. The number of fused-ring (bicyclic) bond motifs is 3. The zero-order valence-corrected chi connectivity index (χ0v) is 10.8. The number of furan rings is 1. The molecule has 0 unspecified atom stereocenters. The molecule has 3 heterocycles. The Bertz CT molecular complexity index is 978. The number of aromatic amines is 1. The van der Waals surface area contributed by atoms with Gasteiger partial charge < -0.3 is 4.42 Å². The third kappa shape index (κ3) is 1.43. The van der Waals surface area contributed by atoms with Gasteiger partial charge in [-0.15, -0.1) is 0 Å². The lowest BCUT2D eigenvalue weighted by atomic mass is 10.0. The summed E-state index contributed by atoms with van der Waals surface area (Å²) in [6.45, 7) is 2.01. The molecule has 0 spiro atoms. The van der Waals surface area contributed by atoms with Gasteiger partial charge in [0.15, 0.2) is 5.65 Å². The molecule has 4 rings (SSSR count). The fourth-order valence-electron chi connectivity index (χ4n) is 2.57. The predicted molar refractivity (Wildman–Crippen MR) is 75.8 cm³/mol. The highest BCUT2D eigenvalue weighted by molar-refractivity contribution is 5.89. The van der Waals surface area contributed by atoms with Crippen LogP contribution in [0.2, 0.25) is 0 Å². The number of hydrogen-bond acceptors (Lipinski definition) is 3. The molecule has 0 bridgehead atoms. The fourth-order valence-corrected chi connectivity index (χ4v) is 2.57. The van der Waals surface area contributed by atoms with Crippen molar-refractivity contribution in [3.8, 4) is 11.1 Å². The van der Waals surface area contributed by atoms with Crippen LogP contribution in [0.1, 0.15) is 5.56 Å². The summed E-state index contributed by atoms with van der Waals surface area (Å²) in [7, 11) is 0. The minimum absolute atomic E-state index is 0.227. The summed E-state index contributed by atoms with van der Waals surface area (Å²) in [6.07, 6.45) is 3.32. The van der Waals surface area contributed by atoms with Crippen LogP contribution in [-0.2, 0) is 0 Å². The second kappa shape index (κ2) is 3.84. The Hall–Kier alpha value is -2.82. The second-order valence-corrected chi connectivity index (χ2v) is 4.79. The molecule has 0 saturated heterocycles. The SMILES string of the molecule is Cc1cc2n[nH]c(=O)n2c2cc(-c3ccoc3)ccc12. The zero-order valence-electron chi connectivity index (χ0n) is 10.8. The normalized spacial score (nSPS) is 11.4. The van der Waals surface area contributed by atoms with E-state index in [4.69, 9.17) is 4.42 Å². The largest absolute Gasteiger partial charge is 0.472 e. The molecule has 5 nitrogen and oxygen atoms in total. The van der Waals surface area contributed by atoms with E-state index in [0.717, 1.165) is 27.6 Å². The Morgan fingerprint density at radius 3 is 2.90 bits per heavy atom. The van der Waals surface area contributed by atoms with Crippen LogP contribution in [0.25, 0.3) is 27.7 Å². The molecule has 0 fully saturated rings. The summed E-state index contributed by atoms with van der Waals surface area (Å²) in [4.78, 5) is 11.9. The average molecular weight is 265 g/mol. The summed E-state index contributed by atoms with van der Waals surface area (Å²) in [5.41, 5.74) is 4.32. The van der Waals surface area contributed by atoms with Crippen LogP contribution in [-0.4, -0.2) is 14.6 Å². The summed E-state index contributed by atoms with van der Waals surface area (Å²) in [6, 6.07) is 9.82. The highest BCUT2D eigenvalue weighted by Crippen LogP contribution is 2.26. The molecule has 20 heavy (non-hydrogen) atoms. The molecular weight excluding hydrogens is 254 g/mol. The highest BCUT2D eigenvalue weighted by atomic mass is 16.3. The van der Waals surface area contributed by atoms with Crippen LogP contribution in [0.5, 0.6) is 0 Å². The third-order valence-electron chi connectivity index (χ3n) is 3.56. The van der Waals surface area contributed by atoms with E-state index in [2.05, 4.69) is 10.2 Å². The molecule has 0 aliphatic heterocycles. The van der Waals surface area contributed by atoms with E-state index in [-0.39, 0.29) is 5.69 Å². The van der Waals surface area contributed by atoms with Crippen LogP contribution in [0, 0.1) is 6.92 Å². The van der Waals surface area contributed by atoms with Gasteiger partial charge in [-0.05, 0) is 36.2 Å². The standard InChI is InChI=1S/C15H11N3O2/c1-9-6-14-16-17-15(19)18(14)13-7-10(2-3-12(9)13)11-4-5-20-8-11/h2-8H,1H3,(H,17,19). The number of aryl methyl sites for hydroxylation is 1. The summed E-state index contributed by atoms with van der Waals surface area (Å²) >= 11 is 0. The molecule has 98 valence electrons. The van der Waals surface area contributed by atoms with E-state index >= 15 is 0 Å². The maximum Gasteiger partial charge on any atom is 0.348 e. The lowest BCUT2D eigenvalue weighted by molar-refractivity contribution is 0.568. The van der Waals surface area contributed by atoms with Crippen LogP contribution in [0.4, 0.5) is 0 Å². The van der Waals surface area contributed by atoms with Gasteiger partial charge in [-0.1, -0.05) is 12.1 Å². The van der Waals surface area contributed by atoms with E-state index in [1.165, 1.54) is 0 Å². The van der Waals surface area contributed by atoms with Gasteiger partial charge in [0.2, 0.25) is 0 Å². The molecule has 0 radical (unpaired) electrons. The average Bonchev–Trinajstić information content (AvgIpc) is 3.09. The molecule has 0 aliphatic rings. The van der Waals surface area contributed by atoms with Gasteiger partial charge in [-0.25, -0.2) is 14.3 Å². The molecule has 0 amide bonds. The zero-order chi connectivity index (χ0) is 13.7. The number of pyridine rings is 1. The number of hydrogen-bond donors (Lipinski definition) is 1. The van der Waals surface area contributed by atoms with Crippen molar-refractivity contribution < 1.29 is 4.42 Å². The Labute approximate surface area is 113 Å². The minimum atomic E-state index is -0.227. The van der Waals surface area contributed by atoms with E-state index in [9.17, 15) is 4.79 Å². The van der Waals surface area contributed by atoms with Crippen LogP contribution < -0.4 is 5.69 Å². The topological polar surface area (TPSA) is 63.3 Å². The number of nitrogens with zero attached hydrogens (tertiary/aromatic N) is 2. The van der Waals surface area contributed by atoms with Gasteiger partial charge in [0, 0.05) is 10.9 Å². The first-order valence-corrected chi connectivity index (χ1v) is 6.27. The molecule has 0 atom stereocenters. The number of H-pyrrole nitrogens is 1. The smallest absolute Gasteiger partial charge is 0.348 e. The number of nitrogens with one attached hydrogen (secondary N) is 1. The van der Waals surface area contributed by atoms with E-state index < -0.39 is 0 Å². The Morgan fingerprint density at radius 1 is 1.20 bits per heavy atom. The van der Waals surface area contributed by atoms with Crippen molar-refractivity contribution in [1.82, 2.24) is 14.6 Å². The molecule has 4 aromatic rings. The van der Waals surface area contributed by atoms with E-state index in [1.54, 1.807) is 16.9 Å². The first-order valence-electron chi connectivity index (χ1n) is 6.27. The van der Waals surface area contributed by atoms with Crippen LogP contribution in [0.3, 0.4) is 0 Å². The van der Waals surface area contributed by atoms with E-state index in [1.807, 2.05) is 37.3 Å². The summed E-state index contributed by atoms with van der Waals surface area (Å²) < 4.78 is 6.70. The third-order valence-corrected chi connectivity index (χ3v) is 3.56. The molecular formula is C15H11N3O2. The number of benzene rings is 1. The monoisotopic (exact) mass is 265 g/mol. The fraction of sp³-hybridized carbons (Fsp3) is 0.0667. The van der Waals surface area contributed by atoms with Gasteiger partial charge in [-0.3, -0.25) is 0 Å². The molecule has 3 aromatic heterocycles. The number of aromatic nitrogens is 3. The van der Waals surface area contributed by atoms with Crippen LogP contribution in [0.15, 0.2) is 52.1 Å². The molecule has 1 N–H and O–H groups in total. The Kier molecular flexibility index (Phi) is 2.12. The van der Waals surface area contributed by atoms with Gasteiger partial charge >= 0.3 is 5.69 Å². The van der Waals surface area contributed by atoms with Crippen molar-refractivity contribution in [3.63, 3.8) is 0 Å². The van der Waals surface area contributed by atoms with Gasteiger partial charge in [0.25, 0.3) is 0 Å². The molecule has 0 saturated carbocycles.